The van der Waals surface area contributed by atoms with Crippen LogP contribution in [0.5, 0.6) is 5.75 Å². The van der Waals surface area contributed by atoms with Crippen LogP contribution in [0.15, 0.2) is 53.7 Å². The second-order valence-electron chi connectivity index (χ2n) is 6.67. The van der Waals surface area contributed by atoms with E-state index in [0.29, 0.717) is 19.7 Å². The summed E-state index contributed by atoms with van der Waals surface area (Å²) in [4.78, 5) is 11.1. The van der Waals surface area contributed by atoms with Crippen molar-refractivity contribution in [2.45, 2.75) is 19.6 Å². The third-order valence-electron chi connectivity index (χ3n) is 4.46. The van der Waals surface area contributed by atoms with Crippen molar-refractivity contribution in [1.82, 2.24) is 15.6 Å². The molecular formula is C21H30IN5O2. The van der Waals surface area contributed by atoms with Gasteiger partial charge in [-0.05, 0) is 30.7 Å². The number of anilines is 1. The van der Waals surface area contributed by atoms with Gasteiger partial charge in [0.15, 0.2) is 5.96 Å². The van der Waals surface area contributed by atoms with Crippen LogP contribution in [0, 0.1) is 0 Å². The van der Waals surface area contributed by atoms with Gasteiger partial charge in [-0.1, -0.05) is 24.3 Å². The molecule has 1 saturated heterocycles. The minimum atomic E-state index is 0. The number of hydrogen-bond donors (Lipinski definition) is 2. The zero-order valence-corrected chi connectivity index (χ0v) is 19.3. The molecule has 0 saturated carbocycles. The van der Waals surface area contributed by atoms with E-state index in [1.807, 2.05) is 36.5 Å². The second-order valence-corrected chi connectivity index (χ2v) is 6.67. The third-order valence-corrected chi connectivity index (χ3v) is 4.46. The highest BCUT2D eigenvalue weighted by atomic mass is 127. The monoisotopic (exact) mass is 511 g/mol. The number of ether oxygens (including phenoxy) is 2. The maximum Gasteiger partial charge on any atom is 0.191 e. The van der Waals surface area contributed by atoms with E-state index in [1.165, 1.54) is 0 Å². The van der Waals surface area contributed by atoms with E-state index in [1.54, 1.807) is 7.05 Å². The second kappa shape index (κ2) is 12.5. The zero-order chi connectivity index (χ0) is 19.6. The Balaban J connectivity index is 0.00000300. The van der Waals surface area contributed by atoms with Crippen molar-refractivity contribution in [3.05, 3.63) is 54.2 Å². The molecule has 8 heteroatoms. The zero-order valence-electron chi connectivity index (χ0n) is 17.0. The normalized spacial score (nSPS) is 16.7. The number of pyridine rings is 1. The number of halogens is 1. The van der Waals surface area contributed by atoms with Crippen molar-refractivity contribution in [3.8, 4) is 5.75 Å². The Kier molecular flexibility index (Phi) is 9.99. The molecule has 0 bridgehead atoms. The molecule has 1 atom stereocenters. The minimum absolute atomic E-state index is 0. The molecule has 2 aromatic rings. The molecule has 0 radical (unpaired) electrons. The van der Waals surface area contributed by atoms with Crippen LogP contribution < -0.4 is 20.3 Å². The number of rotatable bonds is 7. The number of benzene rings is 1. The number of guanidine groups is 1. The molecule has 29 heavy (non-hydrogen) atoms. The van der Waals surface area contributed by atoms with E-state index in [0.717, 1.165) is 42.8 Å². The molecule has 1 aliphatic rings. The summed E-state index contributed by atoms with van der Waals surface area (Å²) < 4.78 is 11.3. The molecule has 2 N–H and O–H groups in total. The molecule has 7 nitrogen and oxygen atoms in total. The largest absolute Gasteiger partial charge is 0.492 e. The molecule has 158 valence electrons. The summed E-state index contributed by atoms with van der Waals surface area (Å²) >= 11 is 0. The molecule has 1 unspecified atom stereocenters. The summed E-state index contributed by atoms with van der Waals surface area (Å²) in [5, 5.41) is 6.55. The van der Waals surface area contributed by atoms with Gasteiger partial charge in [-0.3, -0.25) is 4.99 Å². The van der Waals surface area contributed by atoms with Gasteiger partial charge in [0, 0.05) is 32.9 Å². The Morgan fingerprint density at radius 3 is 2.76 bits per heavy atom. The Morgan fingerprint density at radius 1 is 1.24 bits per heavy atom. The molecule has 0 amide bonds. The lowest BCUT2D eigenvalue weighted by atomic mass is 10.2. The smallest absolute Gasteiger partial charge is 0.191 e. The fourth-order valence-electron chi connectivity index (χ4n) is 3.00. The number of nitrogens with one attached hydrogen (secondary N) is 2. The van der Waals surface area contributed by atoms with E-state index in [-0.39, 0.29) is 30.1 Å². The third kappa shape index (κ3) is 7.69. The van der Waals surface area contributed by atoms with E-state index in [2.05, 4.69) is 44.6 Å². The lowest BCUT2D eigenvalue weighted by Gasteiger charge is -2.32. The average Bonchev–Trinajstić information content (AvgIpc) is 2.74. The SMILES string of the molecule is CN=C(NCCOc1ccccc1)NCc1ccc(N2CCOC(C)C2)nc1.I. The van der Waals surface area contributed by atoms with Gasteiger partial charge in [0.25, 0.3) is 0 Å². The predicted octanol–water partition coefficient (Wildman–Crippen LogP) is 2.67. The van der Waals surface area contributed by atoms with Crippen LogP contribution in [-0.4, -0.2) is 56.9 Å². The van der Waals surface area contributed by atoms with Crippen LogP contribution in [0.4, 0.5) is 5.82 Å². The summed E-state index contributed by atoms with van der Waals surface area (Å²) in [7, 11) is 1.76. The number of morpholine rings is 1. The standard InChI is InChI=1S/C21H29N5O2.HI/c1-17-16-26(11-13-27-17)20-9-8-18(14-24-20)15-25-21(22-2)23-10-12-28-19-6-4-3-5-7-19;/h3-9,14,17H,10-13,15-16H2,1-2H3,(H2,22,23,25);1H. The van der Waals surface area contributed by atoms with Crippen LogP contribution in [0.1, 0.15) is 12.5 Å². The Hall–Kier alpha value is -2.07. The van der Waals surface area contributed by atoms with Crippen molar-refractivity contribution in [3.63, 3.8) is 0 Å². The topological polar surface area (TPSA) is 71.0 Å². The molecule has 2 heterocycles. The fourth-order valence-corrected chi connectivity index (χ4v) is 3.00. The fraction of sp³-hybridized carbons (Fsp3) is 0.429. The molecule has 1 aromatic heterocycles. The summed E-state index contributed by atoms with van der Waals surface area (Å²) in [5.74, 6) is 2.61. The van der Waals surface area contributed by atoms with Gasteiger partial charge in [-0.2, -0.15) is 0 Å². The first-order valence-corrected chi connectivity index (χ1v) is 9.68. The Bertz CT molecular complexity index is 742. The van der Waals surface area contributed by atoms with Crippen molar-refractivity contribution in [1.29, 1.82) is 0 Å². The molecule has 0 spiro atoms. The number of para-hydroxylation sites is 1. The summed E-state index contributed by atoms with van der Waals surface area (Å²) in [6.45, 7) is 6.50. The predicted molar refractivity (Wildman–Crippen MR) is 127 cm³/mol. The summed E-state index contributed by atoms with van der Waals surface area (Å²) in [5.41, 5.74) is 1.11. The van der Waals surface area contributed by atoms with Crippen LogP contribution in [-0.2, 0) is 11.3 Å². The molecule has 1 fully saturated rings. The van der Waals surface area contributed by atoms with Crippen molar-refractivity contribution < 1.29 is 9.47 Å². The first-order valence-electron chi connectivity index (χ1n) is 9.68. The highest BCUT2D eigenvalue weighted by Gasteiger charge is 2.17. The lowest BCUT2D eigenvalue weighted by Crippen LogP contribution is -2.41. The van der Waals surface area contributed by atoms with Gasteiger partial charge in [0.05, 0.1) is 19.3 Å². The highest BCUT2D eigenvalue weighted by molar-refractivity contribution is 14.0. The van der Waals surface area contributed by atoms with Crippen molar-refractivity contribution in [2.75, 3.05) is 44.8 Å². The Labute approximate surface area is 189 Å². The van der Waals surface area contributed by atoms with E-state index >= 15 is 0 Å². The lowest BCUT2D eigenvalue weighted by molar-refractivity contribution is 0.0529. The summed E-state index contributed by atoms with van der Waals surface area (Å²) in [6, 6.07) is 14.0. The van der Waals surface area contributed by atoms with Gasteiger partial charge in [-0.25, -0.2) is 4.98 Å². The van der Waals surface area contributed by atoms with Crippen LogP contribution in [0.25, 0.3) is 0 Å². The van der Waals surface area contributed by atoms with E-state index < -0.39 is 0 Å². The highest BCUT2D eigenvalue weighted by Crippen LogP contribution is 2.15. The molecule has 1 aromatic carbocycles. The minimum Gasteiger partial charge on any atom is -0.492 e. The molecule has 1 aliphatic heterocycles. The number of aromatic nitrogens is 1. The van der Waals surface area contributed by atoms with Gasteiger partial charge in [0.1, 0.15) is 18.2 Å². The number of nitrogens with zero attached hydrogens (tertiary/aromatic N) is 3. The first kappa shape index (κ1) is 23.2. The Morgan fingerprint density at radius 2 is 2.07 bits per heavy atom. The maximum absolute atomic E-state index is 5.67. The van der Waals surface area contributed by atoms with Crippen LogP contribution >= 0.6 is 24.0 Å². The van der Waals surface area contributed by atoms with Gasteiger partial charge >= 0.3 is 0 Å². The summed E-state index contributed by atoms with van der Waals surface area (Å²) in [6.07, 6.45) is 2.16. The quantitative estimate of drug-likeness (QED) is 0.258. The maximum atomic E-state index is 5.67. The number of hydrogen-bond acceptors (Lipinski definition) is 5. The average molecular weight is 511 g/mol. The molecule has 0 aliphatic carbocycles. The van der Waals surface area contributed by atoms with Gasteiger partial charge in [0.2, 0.25) is 0 Å². The van der Waals surface area contributed by atoms with E-state index in [4.69, 9.17) is 9.47 Å². The van der Waals surface area contributed by atoms with Crippen molar-refractivity contribution >= 4 is 35.8 Å². The van der Waals surface area contributed by atoms with Gasteiger partial charge < -0.3 is 25.0 Å². The molecular weight excluding hydrogens is 481 g/mol. The van der Waals surface area contributed by atoms with E-state index in [9.17, 15) is 0 Å². The van der Waals surface area contributed by atoms with Gasteiger partial charge in [-0.15, -0.1) is 24.0 Å². The van der Waals surface area contributed by atoms with Crippen molar-refractivity contribution in [2.24, 2.45) is 4.99 Å². The number of aliphatic imine (C=N–C) groups is 1. The molecule has 3 rings (SSSR count). The first-order chi connectivity index (χ1) is 13.7. The van der Waals surface area contributed by atoms with Crippen LogP contribution in [0.3, 0.4) is 0 Å². The van der Waals surface area contributed by atoms with Crippen LogP contribution in [0.2, 0.25) is 0 Å².